The molecule has 0 saturated heterocycles. The fourth-order valence-corrected chi connectivity index (χ4v) is 1.45. The Labute approximate surface area is 114 Å². The Morgan fingerprint density at radius 2 is 1.94 bits per heavy atom. The zero-order chi connectivity index (χ0) is 13.4. The molecule has 0 bridgehead atoms. The van der Waals surface area contributed by atoms with Crippen LogP contribution in [0.3, 0.4) is 0 Å². The SMILES string of the molecule is CN(C)CCOCCNC(=O)c1ccc(S)cc1. The van der Waals surface area contributed by atoms with Crippen LogP contribution in [-0.4, -0.2) is 51.2 Å². The summed E-state index contributed by atoms with van der Waals surface area (Å²) in [5, 5.41) is 2.80. The molecule has 0 fully saturated rings. The Morgan fingerprint density at radius 3 is 2.56 bits per heavy atom. The summed E-state index contributed by atoms with van der Waals surface area (Å²) in [7, 11) is 3.99. The number of carbonyl (C=O) groups excluding carboxylic acids is 1. The van der Waals surface area contributed by atoms with Crippen molar-refractivity contribution in [2.24, 2.45) is 0 Å². The maximum absolute atomic E-state index is 11.7. The second-order valence-electron chi connectivity index (χ2n) is 4.22. The first-order valence-electron chi connectivity index (χ1n) is 5.89. The van der Waals surface area contributed by atoms with E-state index >= 15 is 0 Å². The number of ether oxygens (including phenoxy) is 1. The molecule has 0 aliphatic rings. The molecule has 0 heterocycles. The molecule has 0 aliphatic carbocycles. The van der Waals surface area contributed by atoms with Gasteiger partial charge in [-0.25, -0.2) is 0 Å². The molecule has 0 spiro atoms. The number of benzene rings is 1. The highest BCUT2D eigenvalue weighted by Gasteiger charge is 2.03. The molecule has 1 rings (SSSR count). The van der Waals surface area contributed by atoms with Crippen LogP contribution < -0.4 is 5.32 Å². The molecular formula is C13H20N2O2S. The molecule has 0 atom stereocenters. The van der Waals surface area contributed by atoms with Gasteiger partial charge in [-0.3, -0.25) is 4.79 Å². The molecular weight excluding hydrogens is 248 g/mol. The first-order chi connectivity index (χ1) is 8.59. The van der Waals surface area contributed by atoms with Gasteiger partial charge in [0.25, 0.3) is 5.91 Å². The summed E-state index contributed by atoms with van der Waals surface area (Å²) in [5.74, 6) is -0.0838. The van der Waals surface area contributed by atoms with E-state index < -0.39 is 0 Å². The summed E-state index contributed by atoms with van der Waals surface area (Å²) in [5.41, 5.74) is 0.640. The van der Waals surface area contributed by atoms with Crippen molar-refractivity contribution in [2.45, 2.75) is 4.90 Å². The Hall–Kier alpha value is -1.04. The minimum atomic E-state index is -0.0838. The predicted octanol–water partition coefficient (Wildman–Crippen LogP) is 1.28. The molecule has 0 aromatic heterocycles. The Balaban J connectivity index is 2.16. The third-order valence-corrected chi connectivity index (χ3v) is 2.64. The summed E-state index contributed by atoms with van der Waals surface area (Å²) >= 11 is 4.17. The van der Waals surface area contributed by atoms with E-state index in [1.54, 1.807) is 24.3 Å². The first-order valence-corrected chi connectivity index (χ1v) is 6.34. The van der Waals surface area contributed by atoms with Crippen molar-refractivity contribution in [3.8, 4) is 0 Å². The number of thiol groups is 1. The molecule has 1 aromatic carbocycles. The lowest BCUT2D eigenvalue weighted by Crippen LogP contribution is -2.28. The van der Waals surface area contributed by atoms with Gasteiger partial charge < -0.3 is 15.0 Å². The quantitative estimate of drug-likeness (QED) is 0.578. The largest absolute Gasteiger partial charge is 0.378 e. The second kappa shape index (κ2) is 8.13. The molecule has 1 N–H and O–H groups in total. The van der Waals surface area contributed by atoms with Gasteiger partial charge in [0, 0.05) is 23.5 Å². The van der Waals surface area contributed by atoms with E-state index in [1.165, 1.54) is 0 Å². The molecule has 0 saturated carbocycles. The zero-order valence-corrected chi connectivity index (χ0v) is 11.7. The smallest absolute Gasteiger partial charge is 0.251 e. The fraction of sp³-hybridized carbons (Fsp3) is 0.462. The normalized spacial score (nSPS) is 10.7. The Kier molecular flexibility index (Phi) is 6.78. The monoisotopic (exact) mass is 268 g/mol. The van der Waals surface area contributed by atoms with E-state index in [9.17, 15) is 4.79 Å². The second-order valence-corrected chi connectivity index (χ2v) is 4.73. The molecule has 5 heteroatoms. The van der Waals surface area contributed by atoms with Crippen LogP contribution in [0, 0.1) is 0 Å². The Bertz CT molecular complexity index is 366. The summed E-state index contributed by atoms with van der Waals surface area (Å²) in [4.78, 5) is 14.6. The van der Waals surface area contributed by atoms with Gasteiger partial charge in [-0.1, -0.05) is 0 Å². The number of hydrogen-bond acceptors (Lipinski definition) is 4. The minimum absolute atomic E-state index is 0.0838. The number of carbonyl (C=O) groups is 1. The van der Waals surface area contributed by atoms with E-state index in [0.717, 1.165) is 11.4 Å². The van der Waals surface area contributed by atoms with Gasteiger partial charge in [0.1, 0.15) is 0 Å². The number of likely N-dealkylation sites (N-methyl/N-ethyl adjacent to an activating group) is 1. The molecule has 18 heavy (non-hydrogen) atoms. The zero-order valence-electron chi connectivity index (χ0n) is 10.8. The lowest BCUT2D eigenvalue weighted by atomic mass is 10.2. The third-order valence-electron chi connectivity index (χ3n) is 2.34. The summed E-state index contributed by atoms with van der Waals surface area (Å²) in [6.45, 7) is 2.62. The van der Waals surface area contributed by atoms with Crippen LogP contribution in [0.15, 0.2) is 29.2 Å². The lowest BCUT2D eigenvalue weighted by Gasteiger charge is -2.10. The average Bonchev–Trinajstić information content (AvgIpc) is 2.34. The molecule has 4 nitrogen and oxygen atoms in total. The number of nitrogens with one attached hydrogen (secondary N) is 1. The van der Waals surface area contributed by atoms with Gasteiger partial charge in [0.15, 0.2) is 0 Å². The summed E-state index contributed by atoms with van der Waals surface area (Å²) in [6.07, 6.45) is 0. The predicted molar refractivity (Wildman–Crippen MR) is 75.4 cm³/mol. The summed E-state index contributed by atoms with van der Waals surface area (Å²) in [6, 6.07) is 7.10. The van der Waals surface area contributed by atoms with E-state index in [2.05, 4.69) is 22.8 Å². The van der Waals surface area contributed by atoms with Crippen LogP contribution >= 0.6 is 12.6 Å². The fourth-order valence-electron chi connectivity index (χ4n) is 1.30. The highest BCUT2D eigenvalue weighted by Crippen LogP contribution is 2.07. The van der Waals surface area contributed by atoms with Crippen molar-refractivity contribution >= 4 is 18.5 Å². The van der Waals surface area contributed by atoms with Crippen molar-refractivity contribution in [2.75, 3.05) is 40.4 Å². The van der Waals surface area contributed by atoms with Gasteiger partial charge in [0.05, 0.1) is 13.2 Å². The van der Waals surface area contributed by atoms with Crippen LogP contribution in [0.25, 0.3) is 0 Å². The number of nitrogens with zero attached hydrogens (tertiary/aromatic N) is 1. The van der Waals surface area contributed by atoms with Crippen molar-refractivity contribution in [1.82, 2.24) is 10.2 Å². The van der Waals surface area contributed by atoms with E-state index in [4.69, 9.17) is 4.74 Å². The minimum Gasteiger partial charge on any atom is -0.378 e. The maximum atomic E-state index is 11.7. The van der Waals surface area contributed by atoms with E-state index in [1.807, 2.05) is 14.1 Å². The molecule has 100 valence electrons. The highest BCUT2D eigenvalue weighted by atomic mass is 32.1. The Morgan fingerprint density at radius 1 is 1.28 bits per heavy atom. The van der Waals surface area contributed by atoms with Gasteiger partial charge in [-0.2, -0.15) is 0 Å². The van der Waals surface area contributed by atoms with Crippen LogP contribution in [0.5, 0.6) is 0 Å². The lowest BCUT2D eigenvalue weighted by molar-refractivity contribution is 0.0900. The third kappa shape index (κ3) is 6.05. The van der Waals surface area contributed by atoms with Crippen LogP contribution in [0.1, 0.15) is 10.4 Å². The van der Waals surface area contributed by atoms with E-state index in [0.29, 0.717) is 25.3 Å². The number of rotatable bonds is 7. The standard InChI is InChI=1S/C13H20N2O2S/c1-15(2)8-10-17-9-7-14-13(16)11-3-5-12(18)6-4-11/h3-6,18H,7-10H2,1-2H3,(H,14,16). The van der Waals surface area contributed by atoms with Gasteiger partial charge in [-0.15, -0.1) is 12.6 Å². The number of amides is 1. The highest BCUT2D eigenvalue weighted by molar-refractivity contribution is 7.80. The summed E-state index contributed by atoms with van der Waals surface area (Å²) < 4.78 is 5.38. The van der Waals surface area contributed by atoms with Crippen molar-refractivity contribution in [1.29, 1.82) is 0 Å². The van der Waals surface area contributed by atoms with Crippen molar-refractivity contribution in [3.63, 3.8) is 0 Å². The molecule has 0 aliphatic heterocycles. The maximum Gasteiger partial charge on any atom is 0.251 e. The molecule has 0 unspecified atom stereocenters. The van der Waals surface area contributed by atoms with E-state index in [-0.39, 0.29) is 5.91 Å². The molecule has 0 radical (unpaired) electrons. The number of hydrogen-bond donors (Lipinski definition) is 2. The molecule has 1 amide bonds. The van der Waals surface area contributed by atoms with Crippen molar-refractivity contribution in [3.05, 3.63) is 29.8 Å². The van der Waals surface area contributed by atoms with Gasteiger partial charge in [-0.05, 0) is 38.4 Å². The van der Waals surface area contributed by atoms with Crippen LogP contribution in [-0.2, 0) is 4.74 Å². The van der Waals surface area contributed by atoms with Gasteiger partial charge in [0.2, 0.25) is 0 Å². The first kappa shape index (κ1) is 15.0. The average molecular weight is 268 g/mol. The molecule has 1 aromatic rings. The van der Waals surface area contributed by atoms with Crippen LogP contribution in [0.2, 0.25) is 0 Å². The van der Waals surface area contributed by atoms with Gasteiger partial charge >= 0.3 is 0 Å². The van der Waals surface area contributed by atoms with Crippen LogP contribution in [0.4, 0.5) is 0 Å². The van der Waals surface area contributed by atoms with Crippen molar-refractivity contribution < 1.29 is 9.53 Å². The topological polar surface area (TPSA) is 41.6 Å².